The molecule has 0 aromatic heterocycles. The van der Waals surface area contributed by atoms with E-state index in [1.54, 1.807) is 0 Å². The summed E-state index contributed by atoms with van der Waals surface area (Å²) >= 11 is 0. The third-order valence-corrected chi connectivity index (χ3v) is 1.26. The Hall–Kier alpha value is -0.160. The molecule has 1 aliphatic heterocycles. The molecule has 1 saturated heterocycles. The normalized spacial score (nSPS) is 31.2. The minimum absolute atomic E-state index is 0.0249. The Morgan fingerprint density at radius 2 is 2.10 bits per heavy atom. The zero-order valence-corrected chi connectivity index (χ0v) is 6.03. The van der Waals surface area contributed by atoms with E-state index in [0.29, 0.717) is 13.0 Å². The summed E-state index contributed by atoms with van der Waals surface area (Å²) in [5.41, 5.74) is 0. The van der Waals surface area contributed by atoms with Crippen LogP contribution in [-0.2, 0) is 4.74 Å². The third-order valence-electron chi connectivity index (χ3n) is 1.26. The van der Waals surface area contributed by atoms with Crippen LogP contribution in [0.1, 0.15) is 6.42 Å². The van der Waals surface area contributed by atoms with E-state index in [0.717, 1.165) is 7.11 Å². The van der Waals surface area contributed by atoms with Crippen LogP contribution in [0.5, 0.6) is 0 Å². The topological polar surface area (TPSA) is 69.9 Å². The Bertz CT molecular complexity index is 76.1. The summed E-state index contributed by atoms with van der Waals surface area (Å²) in [6.45, 7) is 0.405. The highest BCUT2D eigenvalue weighted by molar-refractivity contribution is 4.70. The van der Waals surface area contributed by atoms with Crippen molar-refractivity contribution in [1.29, 1.82) is 0 Å². The first kappa shape index (κ1) is 9.84. The van der Waals surface area contributed by atoms with Gasteiger partial charge < -0.3 is 20.1 Å². The highest BCUT2D eigenvalue weighted by Gasteiger charge is 2.21. The Morgan fingerprint density at radius 3 is 2.30 bits per heavy atom. The smallest absolute Gasteiger partial charge is 0.0832 e. The summed E-state index contributed by atoms with van der Waals surface area (Å²) in [6.07, 6.45) is 0.105. The van der Waals surface area contributed by atoms with Crippen molar-refractivity contribution in [3.8, 4) is 0 Å². The number of hydrogen-bond donors (Lipinski definition) is 3. The van der Waals surface area contributed by atoms with Crippen molar-refractivity contribution in [3.05, 3.63) is 0 Å². The predicted octanol–water partition coefficient (Wildman–Crippen LogP) is -1.26. The van der Waals surface area contributed by atoms with Crippen molar-refractivity contribution in [2.24, 2.45) is 0 Å². The molecule has 10 heavy (non-hydrogen) atoms. The van der Waals surface area contributed by atoms with Gasteiger partial charge in [-0.1, -0.05) is 0 Å². The van der Waals surface area contributed by atoms with Crippen molar-refractivity contribution in [1.82, 2.24) is 0 Å². The quantitative estimate of drug-likeness (QED) is 0.436. The number of rotatable bonds is 1. The first-order chi connectivity index (χ1) is 4.83. The number of hydrogen-bond acceptors (Lipinski definition) is 4. The lowest BCUT2D eigenvalue weighted by Crippen LogP contribution is -2.10. The van der Waals surface area contributed by atoms with Gasteiger partial charge in [-0.3, -0.25) is 0 Å². The Labute approximate surface area is 60.1 Å². The van der Waals surface area contributed by atoms with E-state index in [1.165, 1.54) is 0 Å². The van der Waals surface area contributed by atoms with Crippen molar-refractivity contribution < 1.29 is 20.1 Å². The molecule has 0 bridgehead atoms. The maximum absolute atomic E-state index is 8.79. The van der Waals surface area contributed by atoms with Gasteiger partial charge in [-0.05, 0) is 0 Å². The van der Waals surface area contributed by atoms with Gasteiger partial charge in [0.25, 0.3) is 0 Å². The van der Waals surface area contributed by atoms with Gasteiger partial charge in [0, 0.05) is 13.5 Å². The lowest BCUT2D eigenvalue weighted by atomic mass is 10.2. The average molecular weight is 150 g/mol. The highest BCUT2D eigenvalue weighted by atomic mass is 16.5. The summed E-state index contributed by atoms with van der Waals surface area (Å²) in [4.78, 5) is 0. The molecule has 1 rings (SSSR count). The molecule has 0 aliphatic carbocycles. The molecule has 4 heteroatoms. The molecule has 1 heterocycles. The molecule has 1 aliphatic rings. The SMILES string of the molecule is CO.OCC1CC(O)CO1. The highest BCUT2D eigenvalue weighted by Crippen LogP contribution is 2.11. The average Bonchev–Trinajstić information content (AvgIpc) is 2.40. The van der Waals surface area contributed by atoms with Crippen LogP contribution in [0.15, 0.2) is 0 Å². The van der Waals surface area contributed by atoms with E-state index < -0.39 is 0 Å². The third kappa shape index (κ3) is 3.12. The Kier molecular flexibility index (Phi) is 5.52. The molecule has 0 aromatic carbocycles. The fourth-order valence-electron chi connectivity index (χ4n) is 0.814. The summed E-state index contributed by atoms with van der Waals surface area (Å²) in [5.74, 6) is 0. The maximum Gasteiger partial charge on any atom is 0.0832 e. The predicted molar refractivity (Wildman–Crippen MR) is 35.6 cm³/mol. The monoisotopic (exact) mass is 150 g/mol. The van der Waals surface area contributed by atoms with Gasteiger partial charge in [-0.25, -0.2) is 0 Å². The molecular formula is C6H14O4. The maximum atomic E-state index is 8.79. The Balaban J connectivity index is 0.000000371. The first-order valence-electron chi connectivity index (χ1n) is 3.18. The van der Waals surface area contributed by atoms with Crippen LogP contribution in [0.2, 0.25) is 0 Å². The largest absolute Gasteiger partial charge is 0.400 e. The molecule has 62 valence electrons. The van der Waals surface area contributed by atoms with Crippen LogP contribution in [-0.4, -0.2) is 47.9 Å². The van der Waals surface area contributed by atoms with Crippen LogP contribution in [0.25, 0.3) is 0 Å². The molecule has 4 nitrogen and oxygen atoms in total. The summed E-state index contributed by atoms with van der Waals surface area (Å²) in [7, 11) is 1.00. The van der Waals surface area contributed by atoms with Crippen LogP contribution in [0.4, 0.5) is 0 Å². The van der Waals surface area contributed by atoms with Crippen molar-refractivity contribution in [3.63, 3.8) is 0 Å². The van der Waals surface area contributed by atoms with Crippen LogP contribution < -0.4 is 0 Å². The minimum Gasteiger partial charge on any atom is -0.400 e. The first-order valence-corrected chi connectivity index (χ1v) is 3.18. The molecule has 2 unspecified atom stereocenters. The van der Waals surface area contributed by atoms with E-state index in [1.807, 2.05) is 0 Å². The molecule has 0 spiro atoms. The van der Waals surface area contributed by atoms with Crippen molar-refractivity contribution >= 4 is 0 Å². The van der Waals surface area contributed by atoms with Crippen molar-refractivity contribution in [2.45, 2.75) is 18.6 Å². The van der Waals surface area contributed by atoms with Gasteiger partial charge in [-0.2, -0.15) is 0 Å². The lowest BCUT2D eigenvalue weighted by molar-refractivity contribution is 0.0516. The number of ether oxygens (including phenoxy) is 1. The fourth-order valence-corrected chi connectivity index (χ4v) is 0.814. The molecule has 0 saturated carbocycles. The zero-order chi connectivity index (χ0) is 7.98. The summed E-state index contributed by atoms with van der Waals surface area (Å²) < 4.78 is 4.91. The standard InChI is InChI=1S/C5H10O3.CH4O/c6-2-5-1-4(7)3-8-5;1-2/h4-7H,1-3H2;2H,1H3. The van der Waals surface area contributed by atoms with Gasteiger partial charge in [0.1, 0.15) is 0 Å². The van der Waals surface area contributed by atoms with E-state index >= 15 is 0 Å². The van der Waals surface area contributed by atoms with Crippen molar-refractivity contribution in [2.75, 3.05) is 20.3 Å². The van der Waals surface area contributed by atoms with Gasteiger partial charge >= 0.3 is 0 Å². The minimum atomic E-state index is -0.354. The molecule has 3 N–H and O–H groups in total. The molecular weight excluding hydrogens is 136 g/mol. The molecule has 2 atom stereocenters. The number of aliphatic hydroxyl groups is 3. The zero-order valence-electron chi connectivity index (χ0n) is 6.03. The van der Waals surface area contributed by atoms with E-state index in [4.69, 9.17) is 20.1 Å². The van der Waals surface area contributed by atoms with Crippen LogP contribution >= 0.6 is 0 Å². The second-order valence-electron chi connectivity index (χ2n) is 2.03. The second kappa shape index (κ2) is 5.61. The van der Waals surface area contributed by atoms with Crippen LogP contribution in [0, 0.1) is 0 Å². The van der Waals surface area contributed by atoms with Gasteiger partial charge in [0.15, 0.2) is 0 Å². The fraction of sp³-hybridized carbons (Fsp3) is 1.00. The Morgan fingerprint density at radius 1 is 1.50 bits per heavy atom. The molecule has 0 amide bonds. The molecule has 0 radical (unpaired) electrons. The molecule has 1 fully saturated rings. The van der Waals surface area contributed by atoms with E-state index in [-0.39, 0.29) is 18.8 Å². The van der Waals surface area contributed by atoms with Gasteiger partial charge in [0.2, 0.25) is 0 Å². The van der Waals surface area contributed by atoms with Gasteiger partial charge in [0.05, 0.1) is 25.4 Å². The summed E-state index contributed by atoms with van der Waals surface area (Å²) in [6, 6.07) is 0. The lowest BCUT2D eigenvalue weighted by Gasteiger charge is -2.00. The van der Waals surface area contributed by atoms with Gasteiger partial charge in [-0.15, -0.1) is 0 Å². The van der Waals surface area contributed by atoms with E-state index in [2.05, 4.69) is 0 Å². The summed E-state index contributed by atoms with van der Waals surface area (Å²) in [5, 5.41) is 24.2. The van der Waals surface area contributed by atoms with E-state index in [9.17, 15) is 0 Å². The van der Waals surface area contributed by atoms with Crippen LogP contribution in [0.3, 0.4) is 0 Å². The number of aliphatic hydroxyl groups excluding tert-OH is 3. The molecule has 0 aromatic rings. The second-order valence-corrected chi connectivity index (χ2v) is 2.03.